The fourth-order valence-corrected chi connectivity index (χ4v) is 0.951. The molecule has 0 unspecified atom stereocenters. The van der Waals surface area contributed by atoms with Gasteiger partial charge in [0.1, 0.15) is 0 Å². The second-order valence-corrected chi connectivity index (χ2v) is 2.90. The lowest BCUT2D eigenvalue weighted by Gasteiger charge is -1.91. The lowest BCUT2D eigenvalue weighted by atomic mass is 10.3. The molecule has 3 heteroatoms. The van der Waals surface area contributed by atoms with Crippen LogP contribution in [0.15, 0.2) is 23.5 Å². The van der Waals surface area contributed by atoms with Gasteiger partial charge in [0.05, 0.1) is 5.69 Å². The van der Waals surface area contributed by atoms with E-state index >= 15 is 0 Å². The van der Waals surface area contributed by atoms with Gasteiger partial charge < -0.3 is 4.98 Å². The summed E-state index contributed by atoms with van der Waals surface area (Å²) in [5, 5.41) is 0. The van der Waals surface area contributed by atoms with Crippen molar-refractivity contribution in [1.29, 1.82) is 0 Å². The van der Waals surface area contributed by atoms with Crippen molar-refractivity contribution in [2.24, 2.45) is 7.05 Å². The Bertz CT molecular complexity index is 369. The zero-order valence-corrected chi connectivity index (χ0v) is 9.29. The number of nitrogens with one attached hydrogen (secondary N) is 1. The highest BCUT2D eigenvalue weighted by Crippen LogP contribution is 2.01. The molecule has 1 aromatic rings. The average molecular weight is 194 g/mol. The molecule has 1 N–H and O–H groups in total. The largest absolute Gasteiger partial charge is 0.325 e. The fourth-order valence-electron chi connectivity index (χ4n) is 0.951. The molecule has 0 spiro atoms. The maximum Gasteiger partial charge on any atom is 0.325 e. The van der Waals surface area contributed by atoms with Crippen molar-refractivity contribution in [3.63, 3.8) is 0 Å². The molecule has 1 heterocycles. The molecule has 0 aliphatic carbocycles. The third-order valence-electron chi connectivity index (χ3n) is 1.77. The quantitative estimate of drug-likeness (QED) is 0.684. The van der Waals surface area contributed by atoms with E-state index in [1.807, 2.05) is 32.9 Å². The van der Waals surface area contributed by atoms with Gasteiger partial charge in [-0.05, 0) is 26.8 Å². The molecular weight excluding hydrogens is 176 g/mol. The maximum atomic E-state index is 11.0. The first-order chi connectivity index (χ1) is 6.58. The van der Waals surface area contributed by atoms with Crippen molar-refractivity contribution in [2.75, 3.05) is 0 Å². The second kappa shape index (κ2) is 6.02. The average Bonchev–Trinajstić information content (AvgIpc) is 2.36. The zero-order valence-electron chi connectivity index (χ0n) is 9.29. The molecule has 1 rings (SSSR count). The monoisotopic (exact) mass is 194 g/mol. The highest BCUT2D eigenvalue weighted by molar-refractivity contribution is 5.46. The molecule has 0 aliphatic rings. The number of imidazole rings is 1. The summed E-state index contributed by atoms with van der Waals surface area (Å²) in [6.45, 7) is 9.08. The number of rotatable bonds is 1. The smallest absolute Gasteiger partial charge is 0.306 e. The number of aromatic nitrogens is 2. The van der Waals surface area contributed by atoms with Crippen molar-refractivity contribution >= 4 is 6.08 Å². The van der Waals surface area contributed by atoms with Crippen LogP contribution in [-0.2, 0) is 7.05 Å². The second-order valence-electron chi connectivity index (χ2n) is 2.90. The van der Waals surface area contributed by atoms with Crippen molar-refractivity contribution in [1.82, 2.24) is 9.55 Å². The SMILES string of the molecule is C/C=C\c1[nH]c(=O)n(C)c1C.C=CC. The molecule has 14 heavy (non-hydrogen) atoms. The number of hydrogen-bond donors (Lipinski definition) is 1. The Balaban J connectivity index is 0.000000500. The van der Waals surface area contributed by atoms with Crippen molar-refractivity contribution in [3.05, 3.63) is 40.6 Å². The predicted molar refractivity (Wildman–Crippen MR) is 61.3 cm³/mol. The minimum Gasteiger partial charge on any atom is -0.306 e. The Morgan fingerprint density at radius 1 is 1.43 bits per heavy atom. The molecule has 78 valence electrons. The molecule has 0 amide bonds. The summed E-state index contributed by atoms with van der Waals surface area (Å²) in [6, 6.07) is 0. The van der Waals surface area contributed by atoms with Crippen LogP contribution in [0.4, 0.5) is 0 Å². The summed E-state index contributed by atoms with van der Waals surface area (Å²) >= 11 is 0. The molecule has 3 nitrogen and oxygen atoms in total. The standard InChI is InChI=1S/C8H12N2O.C3H6/c1-4-5-7-6(2)10(3)8(11)9-7;1-3-2/h4-5H,1-3H3,(H,9,11);3H,1H2,2H3/b5-4-;. The van der Waals surface area contributed by atoms with Gasteiger partial charge in [-0.15, -0.1) is 6.58 Å². The fraction of sp³-hybridized carbons (Fsp3) is 0.364. The number of nitrogens with zero attached hydrogens (tertiary/aromatic N) is 1. The third kappa shape index (κ3) is 3.09. The minimum absolute atomic E-state index is 0.0596. The van der Waals surface area contributed by atoms with Gasteiger partial charge in [0, 0.05) is 12.7 Å². The van der Waals surface area contributed by atoms with Gasteiger partial charge in [-0.3, -0.25) is 4.57 Å². The van der Waals surface area contributed by atoms with Gasteiger partial charge in [-0.1, -0.05) is 12.2 Å². The van der Waals surface area contributed by atoms with Gasteiger partial charge >= 0.3 is 5.69 Å². The number of hydrogen-bond acceptors (Lipinski definition) is 1. The Kier molecular flexibility index (Phi) is 5.37. The van der Waals surface area contributed by atoms with Gasteiger partial charge in [0.25, 0.3) is 0 Å². The van der Waals surface area contributed by atoms with E-state index in [9.17, 15) is 4.79 Å². The predicted octanol–water partition coefficient (Wildman–Crippen LogP) is 2.25. The first kappa shape index (κ1) is 12.5. The number of aromatic amines is 1. The molecular formula is C11H18N2O. The summed E-state index contributed by atoms with van der Waals surface area (Å²) in [5.74, 6) is 0. The van der Waals surface area contributed by atoms with Gasteiger partial charge in [0.2, 0.25) is 0 Å². The van der Waals surface area contributed by atoms with Crippen LogP contribution in [0.2, 0.25) is 0 Å². The molecule has 0 radical (unpaired) electrons. The van der Waals surface area contributed by atoms with Crippen LogP contribution in [0.5, 0.6) is 0 Å². The maximum absolute atomic E-state index is 11.0. The van der Waals surface area contributed by atoms with Crippen LogP contribution in [-0.4, -0.2) is 9.55 Å². The highest BCUT2D eigenvalue weighted by atomic mass is 16.1. The summed E-state index contributed by atoms with van der Waals surface area (Å²) in [5.41, 5.74) is 1.80. The lowest BCUT2D eigenvalue weighted by molar-refractivity contribution is 0.830. The molecule has 0 saturated carbocycles. The Morgan fingerprint density at radius 3 is 2.21 bits per heavy atom. The Hall–Kier alpha value is -1.51. The van der Waals surface area contributed by atoms with E-state index in [-0.39, 0.29) is 5.69 Å². The van der Waals surface area contributed by atoms with E-state index < -0.39 is 0 Å². The molecule has 0 saturated heterocycles. The van der Waals surface area contributed by atoms with Crippen LogP contribution < -0.4 is 5.69 Å². The van der Waals surface area contributed by atoms with E-state index in [2.05, 4.69) is 11.6 Å². The van der Waals surface area contributed by atoms with E-state index in [0.29, 0.717) is 0 Å². The molecule has 0 aliphatic heterocycles. The minimum atomic E-state index is -0.0596. The molecule has 0 fully saturated rings. The lowest BCUT2D eigenvalue weighted by Crippen LogP contribution is -2.12. The van der Waals surface area contributed by atoms with Gasteiger partial charge in [-0.25, -0.2) is 4.79 Å². The van der Waals surface area contributed by atoms with Crippen LogP contribution in [0.3, 0.4) is 0 Å². The van der Waals surface area contributed by atoms with Crippen LogP contribution >= 0.6 is 0 Å². The third-order valence-corrected chi connectivity index (χ3v) is 1.77. The van der Waals surface area contributed by atoms with Crippen molar-refractivity contribution < 1.29 is 0 Å². The van der Waals surface area contributed by atoms with Crippen molar-refractivity contribution in [2.45, 2.75) is 20.8 Å². The molecule has 1 aromatic heterocycles. The van der Waals surface area contributed by atoms with Crippen molar-refractivity contribution in [3.8, 4) is 0 Å². The first-order valence-corrected chi connectivity index (χ1v) is 4.53. The summed E-state index contributed by atoms with van der Waals surface area (Å²) in [6.07, 6.45) is 5.54. The summed E-state index contributed by atoms with van der Waals surface area (Å²) < 4.78 is 1.59. The van der Waals surface area contributed by atoms with E-state index in [1.165, 1.54) is 0 Å². The van der Waals surface area contributed by atoms with E-state index in [1.54, 1.807) is 17.7 Å². The first-order valence-electron chi connectivity index (χ1n) is 4.53. The van der Waals surface area contributed by atoms with Crippen LogP contribution in [0.25, 0.3) is 6.08 Å². The zero-order chi connectivity index (χ0) is 11.1. The molecule has 0 atom stereocenters. The molecule has 0 aromatic carbocycles. The normalized spacial score (nSPS) is 9.71. The Labute approximate surface area is 84.8 Å². The topological polar surface area (TPSA) is 37.8 Å². The van der Waals surface area contributed by atoms with Crippen LogP contribution in [0.1, 0.15) is 25.2 Å². The van der Waals surface area contributed by atoms with Gasteiger partial charge in [-0.2, -0.15) is 0 Å². The molecule has 0 bridgehead atoms. The summed E-state index contributed by atoms with van der Waals surface area (Å²) in [4.78, 5) is 13.7. The highest BCUT2D eigenvalue weighted by Gasteiger charge is 2.01. The number of H-pyrrole nitrogens is 1. The van der Waals surface area contributed by atoms with E-state index in [4.69, 9.17) is 0 Å². The van der Waals surface area contributed by atoms with Gasteiger partial charge in [0.15, 0.2) is 0 Å². The summed E-state index contributed by atoms with van der Waals surface area (Å²) in [7, 11) is 1.75. The van der Waals surface area contributed by atoms with E-state index in [0.717, 1.165) is 11.4 Å². The Morgan fingerprint density at radius 2 is 1.93 bits per heavy atom. The number of allylic oxidation sites excluding steroid dienone is 2. The van der Waals surface area contributed by atoms with Crippen LogP contribution in [0, 0.1) is 6.92 Å².